The normalized spacial score (nSPS) is 24.1. The largest absolute Gasteiger partial charge is 0.478 e. The van der Waals surface area contributed by atoms with E-state index in [-0.39, 0.29) is 11.6 Å². The Morgan fingerprint density at radius 3 is 2.88 bits per heavy atom. The number of benzene rings is 1. The lowest BCUT2D eigenvalue weighted by Gasteiger charge is -2.38. The van der Waals surface area contributed by atoms with Crippen LogP contribution in [0.3, 0.4) is 0 Å². The lowest BCUT2D eigenvalue weighted by Crippen LogP contribution is -2.54. The van der Waals surface area contributed by atoms with Crippen molar-refractivity contribution in [3.63, 3.8) is 0 Å². The molecule has 1 heterocycles. The summed E-state index contributed by atoms with van der Waals surface area (Å²) in [6, 6.07) is 6.89. The van der Waals surface area contributed by atoms with Crippen LogP contribution in [0.4, 0.5) is 0 Å². The van der Waals surface area contributed by atoms with Crippen LogP contribution in [0, 0.1) is 0 Å². The molecule has 0 radical (unpaired) electrons. The average Bonchev–Trinajstić information content (AvgIpc) is 2.60. The van der Waals surface area contributed by atoms with E-state index in [1.165, 1.54) is 0 Å². The molecule has 0 saturated carbocycles. The second-order valence-electron chi connectivity index (χ2n) is 6.35. The van der Waals surface area contributed by atoms with Gasteiger partial charge < -0.3 is 24.8 Å². The Labute approximate surface area is 143 Å². The molecule has 6 nitrogen and oxygen atoms in total. The molecule has 2 rings (SSSR count). The lowest BCUT2D eigenvalue weighted by atomic mass is 10.0. The van der Waals surface area contributed by atoms with Gasteiger partial charge >= 0.3 is 5.97 Å². The van der Waals surface area contributed by atoms with Gasteiger partial charge in [0.15, 0.2) is 0 Å². The number of aromatic carboxylic acids is 1. The van der Waals surface area contributed by atoms with E-state index >= 15 is 0 Å². The van der Waals surface area contributed by atoms with Crippen LogP contribution >= 0.6 is 8.46 Å². The zero-order valence-corrected chi connectivity index (χ0v) is 15.1. The number of nitrogens with one attached hydrogen (secondary N) is 1. The molecule has 0 bridgehead atoms. The third kappa shape index (κ3) is 4.90. The summed E-state index contributed by atoms with van der Waals surface area (Å²) in [6.07, 6.45) is 2.42. The van der Waals surface area contributed by atoms with E-state index in [1.54, 1.807) is 18.2 Å². The van der Waals surface area contributed by atoms with Crippen LogP contribution in [0.15, 0.2) is 24.3 Å². The molecule has 4 atom stereocenters. The van der Waals surface area contributed by atoms with E-state index < -0.39 is 25.9 Å². The number of carboxylic acids is 1. The summed E-state index contributed by atoms with van der Waals surface area (Å²) in [7, 11) is -1.33. The molecule has 1 aromatic rings. The number of ether oxygens (including phenoxy) is 1. The summed E-state index contributed by atoms with van der Waals surface area (Å²) in [4.78, 5) is 11.0. The van der Waals surface area contributed by atoms with Gasteiger partial charge in [-0.2, -0.15) is 0 Å². The minimum Gasteiger partial charge on any atom is -0.478 e. The van der Waals surface area contributed by atoms with Crippen LogP contribution in [0.25, 0.3) is 0 Å². The number of morpholine rings is 1. The molecule has 1 aliphatic rings. The first-order chi connectivity index (χ1) is 11.5. The molecule has 24 heavy (non-hydrogen) atoms. The molecule has 1 aromatic carbocycles. The summed E-state index contributed by atoms with van der Waals surface area (Å²) in [5, 5.41) is 21.7. The Hall–Kier alpha value is -1.20. The zero-order chi connectivity index (χ0) is 17.6. The van der Waals surface area contributed by atoms with Gasteiger partial charge in [-0.15, -0.1) is 0 Å². The highest BCUT2D eigenvalue weighted by Crippen LogP contribution is 2.33. The molecule has 2 unspecified atom stereocenters. The summed E-state index contributed by atoms with van der Waals surface area (Å²) in [6.45, 7) is 2.87. The highest BCUT2D eigenvalue weighted by molar-refractivity contribution is 7.25. The first kappa shape index (κ1) is 19.1. The fourth-order valence-electron chi connectivity index (χ4n) is 2.95. The molecule has 0 amide bonds. The minimum atomic E-state index is -1.33. The van der Waals surface area contributed by atoms with Crippen LogP contribution in [0.2, 0.25) is 0 Å². The van der Waals surface area contributed by atoms with Crippen molar-refractivity contribution in [1.82, 2.24) is 5.32 Å². The van der Waals surface area contributed by atoms with Crippen LogP contribution in [-0.4, -0.2) is 46.8 Å². The molecular weight excluding hydrogens is 329 g/mol. The van der Waals surface area contributed by atoms with Crippen molar-refractivity contribution in [2.24, 2.45) is 0 Å². The number of aliphatic hydroxyl groups is 1. The monoisotopic (exact) mass is 355 g/mol. The SMILES string of the molecule is CCCCC(O)([PH2]=O)[C@@H]1CN[C@H](Cc2cccc(C(=O)O)c2)CO1. The summed E-state index contributed by atoms with van der Waals surface area (Å²) in [5.74, 6) is -0.941. The van der Waals surface area contributed by atoms with E-state index in [4.69, 9.17) is 9.84 Å². The highest BCUT2D eigenvalue weighted by Gasteiger charge is 2.38. The van der Waals surface area contributed by atoms with Crippen molar-refractivity contribution in [1.29, 1.82) is 0 Å². The first-order valence-electron chi connectivity index (χ1n) is 8.34. The first-order valence-corrected chi connectivity index (χ1v) is 9.39. The van der Waals surface area contributed by atoms with Gasteiger partial charge in [0.1, 0.15) is 11.4 Å². The number of hydrogen-bond donors (Lipinski definition) is 3. The molecule has 0 aliphatic carbocycles. The molecule has 0 aromatic heterocycles. The van der Waals surface area contributed by atoms with E-state index in [9.17, 15) is 14.5 Å². The molecule has 1 fully saturated rings. The maximum atomic E-state index is 11.5. The van der Waals surface area contributed by atoms with Crippen molar-refractivity contribution < 1.29 is 24.3 Å². The van der Waals surface area contributed by atoms with Crippen molar-refractivity contribution in [3.05, 3.63) is 35.4 Å². The van der Waals surface area contributed by atoms with Gasteiger partial charge in [-0.25, -0.2) is 4.79 Å². The Morgan fingerprint density at radius 2 is 2.29 bits per heavy atom. The number of carboxylic acid groups (broad SMARTS) is 1. The number of carbonyl (C=O) groups is 1. The van der Waals surface area contributed by atoms with Crippen LogP contribution in [0.5, 0.6) is 0 Å². The second kappa shape index (κ2) is 8.77. The predicted molar refractivity (Wildman–Crippen MR) is 93.5 cm³/mol. The molecule has 3 N–H and O–H groups in total. The second-order valence-corrected chi connectivity index (χ2v) is 7.58. The smallest absolute Gasteiger partial charge is 0.335 e. The third-order valence-corrected chi connectivity index (χ3v) is 5.51. The summed E-state index contributed by atoms with van der Waals surface area (Å²) < 4.78 is 17.3. The number of hydrogen-bond acceptors (Lipinski definition) is 5. The highest BCUT2D eigenvalue weighted by atomic mass is 31.1. The Morgan fingerprint density at radius 1 is 1.50 bits per heavy atom. The maximum Gasteiger partial charge on any atom is 0.335 e. The zero-order valence-electron chi connectivity index (χ0n) is 13.9. The maximum absolute atomic E-state index is 11.5. The Bertz CT molecular complexity index is 574. The standard InChI is InChI=1S/C17H26NO5P/c1-2-3-7-17(21,24-22)15-10-18-14(11-23-15)9-12-5-4-6-13(8-12)16(19)20/h4-6,8,14-15,18,21H,2-3,7,9-11,24H2,1H3,(H,19,20)/t14-,15+,17?/m1/s1. The molecular formula is C17H26NO5P. The Kier molecular flexibility index (Phi) is 6.99. The van der Waals surface area contributed by atoms with Gasteiger partial charge in [-0.3, -0.25) is 0 Å². The summed E-state index contributed by atoms with van der Waals surface area (Å²) >= 11 is 0. The van der Waals surface area contributed by atoms with Gasteiger partial charge in [-0.05, 0) is 30.5 Å². The number of rotatable bonds is 8. The van der Waals surface area contributed by atoms with Crippen molar-refractivity contribution in [2.45, 2.75) is 50.1 Å². The van der Waals surface area contributed by atoms with Gasteiger partial charge in [0.25, 0.3) is 0 Å². The van der Waals surface area contributed by atoms with Crippen molar-refractivity contribution in [3.8, 4) is 0 Å². The fraction of sp³-hybridized carbons (Fsp3) is 0.588. The van der Waals surface area contributed by atoms with Gasteiger partial charge in [-0.1, -0.05) is 31.9 Å². The predicted octanol–water partition coefficient (Wildman–Crippen LogP) is 1.92. The summed E-state index contributed by atoms with van der Waals surface area (Å²) in [5.41, 5.74) is 1.19. The number of unbranched alkanes of at least 4 members (excludes halogenated alkanes) is 1. The van der Waals surface area contributed by atoms with Crippen molar-refractivity contribution in [2.75, 3.05) is 13.2 Å². The van der Waals surface area contributed by atoms with Crippen LogP contribution in [-0.2, 0) is 15.7 Å². The average molecular weight is 355 g/mol. The van der Waals surface area contributed by atoms with E-state index in [0.717, 1.165) is 18.4 Å². The van der Waals surface area contributed by atoms with Gasteiger partial charge in [0.05, 0.1) is 20.6 Å². The van der Waals surface area contributed by atoms with Crippen LogP contribution < -0.4 is 5.32 Å². The molecule has 1 aliphatic heterocycles. The quantitative estimate of drug-likeness (QED) is 0.617. The topological polar surface area (TPSA) is 95.9 Å². The van der Waals surface area contributed by atoms with E-state index in [0.29, 0.717) is 26.0 Å². The lowest BCUT2D eigenvalue weighted by molar-refractivity contribution is -0.0884. The molecule has 0 spiro atoms. The minimum absolute atomic E-state index is 0.0439. The van der Waals surface area contributed by atoms with Gasteiger partial charge in [0, 0.05) is 12.6 Å². The molecule has 7 heteroatoms. The van der Waals surface area contributed by atoms with Gasteiger partial charge in [0.2, 0.25) is 0 Å². The van der Waals surface area contributed by atoms with Crippen molar-refractivity contribution >= 4 is 14.4 Å². The molecule has 1 saturated heterocycles. The fourth-order valence-corrected chi connectivity index (χ4v) is 3.64. The Balaban J connectivity index is 1.91. The van der Waals surface area contributed by atoms with E-state index in [1.807, 2.05) is 13.0 Å². The van der Waals surface area contributed by atoms with Crippen LogP contribution in [0.1, 0.15) is 42.1 Å². The van der Waals surface area contributed by atoms with E-state index in [2.05, 4.69) is 5.32 Å². The third-order valence-electron chi connectivity index (χ3n) is 4.44. The molecule has 134 valence electrons.